The molecule has 0 atom stereocenters. The summed E-state index contributed by atoms with van der Waals surface area (Å²) in [5.41, 5.74) is 9.81. The Kier molecular flexibility index (Phi) is 7.53. The number of aromatic nitrogens is 1. The van der Waals surface area contributed by atoms with Crippen LogP contribution < -0.4 is 9.73 Å². The SMILES string of the molecule is Cc1ccc(Cl)cc1N(CC(=O)N/N=C\c1cc(C)n(-c2c(C)cccc2C)c1C)S(C)(=O)=O. The largest absolute Gasteiger partial charge is 0.317 e. The standard InChI is InChI=1S/C25H29ClN4O3S/c1-16-10-11-22(26)13-23(16)29(34(6,32)33)15-24(31)28-27-14-21-12-19(4)30(20(21)5)25-17(2)8-7-9-18(25)3/h7-14H,15H2,1-6H3,(H,28,31)/b27-14-. The van der Waals surface area contributed by atoms with Gasteiger partial charge >= 0.3 is 0 Å². The average molecular weight is 501 g/mol. The number of hydrogen-bond acceptors (Lipinski definition) is 4. The maximum Gasteiger partial charge on any atom is 0.260 e. The zero-order valence-electron chi connectivity index (χ0n) is 20.2. The Labute approximate surface area is 206 Å². The third kappa shape index (κ3) is 5.51. The first kappa shape index (κ1) is 25.5. The van der Waals surface area contributed by atoms with E-state index < -0.39 is 22.5 Å². The molecule has 1 N–H and O–H groups in total. The van der Waals surface area contributed by atoms with Crippen molar-refractivity contribution >= 4 is 39.4 Å². The number of para-hydroxylation sites is 1. The number of amides is 1. The first-order valence-electron chi connectivity index (χ1n) is 10.7. The molecule has 0 bridgehead atoms. The smallest absolute Gasteiger partial charge is 0.260 e. The van der Waals surface area contributed by atoms with Crippen LogP contribution in [-0.2, 0) is 14.8 Å². The van der Waals surface area contributed by atoms with Gasteiger partial charge in [-0.2, -0.15) is 5.10 Å². The molecule has 0 radical (unpaired) electrons. The average Bonchev–Trinajstić information content (AvgIpc) is 3.01. The number of nitrogens with one attached hydrogen (secondary N) is 1. The molecule has 0 saturated heterocycles. The zero-order chi connectivity index (χ0) is 25.2. The maximum atomic E-state index is 12.6. The van der Waals surface area contributed by atoms with Crippen molar-refractivity contribution in [1.29, 1.82) is 0 Å². The van der Waals surface area contributed by atoms with Crippen molar-refractivity contribution in [3.63, 3.8) is 0 Å². The van der Waals surface area contributed by atoms with Crippen molar-refractivity contribution in [1.82, 2.24) is 9.99 Å². The molecule has 3 aromatic rings. The van der Waals surface area contributed by atoms with Gasteiger partial charge in [-0.3, -0.25) is 9.10 Å². The second-order valence-electron chi connectivity index (χ2n) is 8.40. The molecule has 3 rings (SSSR count). The molecule has 180 valence electrons. The van der Waals surface area contributed by atoms with Crippen molar-refractivity contribution in [2.45, 2.75) is 34.6 Å². The fraction of sp³-hybridized carbons (Fsp3) is 0.280. The van der Waals surface area contributed by atoms with E-state index in [1.807, 2.05) is 26.0 Å². The first-order chi connectivity index (χ1) is 15.9. The number of rotatable bonds is 7. The molecule has 0 fully saturated rings. The van der Waals surface area contributed by atoms with E-state index in [0.717, 1.165) is 44.3 Å². The maximum absolute atomic E-state index is 12.6. The number of carbonyl (C=O) groups excluding carboxylic acids is 1. The number of hydrazone groups is 1. The quantitative estimate of drug-likeness (QED) is 0.380. The van der Waals surface area contributed by atoms with Gasteiger partial charge in [0, 0.05) is 22.0 Å². The lowest BCUT2D eigenvalue weighted by molar-refractivity contribution is -0.119. The summed E-state index contributed by atoms with van der Waals surface area (Å²) in [7, 11) is -3.72. The summed E-state index contributed by atoms with van der Waals surface area (Å²) < 4.78 is 27.9. The van der Waals surface area contributed by atoms with Crippen molar-refractivity contribution in [3.05, 3.63) is 81.1 Å². The molecule has 0 unspecified atom stereocenters. The van der Waals surface area contributed by atoms with Crippen LogP contribution in [0, 0.1) is 34.6 Å². The highest BCUT2D eigenvalue weighted by Crippen LogP contribution is 2.27. The molecule has 1 amide bonds. The molecule has 0 saturated carbocycles. The Hall–Kier alpha value is -3.10. The summed E-state index contributed by atoms with van der Waals surface area (Å²) in [6, 6.07) is 13.1. The van der Waals surface area contributed by atoms with Crippen LogP contribution in [0.1, 0.15) is 33.6 Å². The molecule has 2 aromatic carbocycles. The van der Waals surface area contributed by atoms with Crippen molar-refractivity contribution in [2.75, 3.05) is 17.1 Å². The second kappa shape index (κ2) is 10.0. The highest BCUT2D eigenvalue weighted by atomic mass is 35.5. The van der Waals surface area contributed by atoms with Crippen molar-refractivity contribution in [2.24, 2.45) is 5.10 Å². The van der Waals surface area contributed by atoms with Gasteiger partial charge in [0.25, 0.3) is 5.91 Å². The highest BCUT2D eigenvalue weighted by molar-refractivity contribution is 7.92. The Morgan fingerprint density at radius 1 is 1.06 bits per heavy atom. The number of benzene rings is 2. The molecule has 1 heterocycles. The van der Waals surface area contributed by atoms with Gasteiger partial charge in [-0.1, -0.05) is 35.9 Å². The predicted molar refractivity (Wildman–Crippen MR) is 139 cm³/mol. The summed E-state index contributed by atoms with van der Waals surface area (Å²) >= 11 is 6.04. The van der Waals surface area contributed by atoms with E-state index in [1.165, 1.54) is 6.07 Å². The van der Waals surface area contributed by atoms with Crippen LogP contribution in [0.15, 0.2) is 47.6 Å². The predicted octanol–water partition coefficient (Wildman–Crippen LogP) is 4.59. The van der Waals surface area contributed by atoms with Crippen LogP contribution in [0.3, 0.4) is 0 Å². The van der Waals surface area contributed by atoms with Gasteiger partial charge < -0.3 is 4.57 Å². The molecule has 0 aliphatic carbocycles. The number of nitrogens with zero attached hydrogens (tertiary/aromatic N) is 3. The van der Waals surface area contributed by atoms with E-state index in [0.29, 0.717) is 16.3 Å². The van der Waals surface area contributed by atoms with E-state index in [9.17, 15) is 13.2 Å². The fourth-order valence-electron chi connectivity index (χ4n) is 3.99. The van der Waals surface area contributed by atoms with E-state index in [1.54, 1.807) is 25.3 Å². The summed E-state index contributed by atoms with van der Waals surface area (Å²) in [5.74, 6) is -0.565. The Balaban J connectivity index is 1.80. The van der Waals surface area contributed by atoms with E-state index >= 15 is 0 Å². The zero-order valence-corrected chi connectivity index (χ0v) is 21.8. The van der Waals surface area contributed by atoms with Gasteiger partial charge in [0.05, 0.1) is 23.8 Å². The number of hydrogen-bond donors (Lipinski definition) is 1. The third-order valence-corrected chi connectivity index (χ3v) is 7.02. The summed E-state index contributed by atoms with van der Waals surface area (Å²) in [4.78, 5) is 12.6. The Morgan fingerprint density at radius 2 is 1.71 bits per heavy atom. The van der Waals surface area contributed by atoms with Crippen LogP contribution >= 0.6 is 11.6 Å². The number of anilines is 1. The highest BCUT2D eigenvalue weighted by Gasteiger charge is 2.22. The Bertz CT molecular complexity index is 1360. The Morgan fingerprint density at radius 3 is 2.32 bits per heavy atom. The van der Waals surface area contributed by atoms with Crippen LogP contribution in [0.2, 0.25) is 5.02 Å². The van der Waals surface area contributed by atoms with Crippen molar-refractivity contribution in [3.8, 4) is 5.69 Å². The molecule has 0 spiro atoms. The van der Waals surface area contributed by atoms with E-state index in [2.05, 4.69) is 41.1 Å². The molecule has 7 nitrogen and oxygen atoms in total. The lowest BCUT2D eigenvalue weighted by Crippen LogP contribution is -2.39. The van der Waals surface area contributed by atoms with E-state index in [4.69, 9.17) is 11.6 Å². The molecule has 0 aliphatic rings. The molecule has 34 heavy (non-hydrogen) atoms. The second-order valence-corrected chi connectivity index (χ2v) is 10.7. The topological polar surface area (TPSA) is 83.8 Å². The summed E-state index contributed by atoms with van der Waals surface area (Å²) in [6.07, 6.45) is 2.62. The normalized spacial score (nSPS) is 11.7. The van der Waals surface area contributed by atoms with Gasteiger partial charge in [-0.05, 0) is 69.5 Å². The number of aryl methyl sites for hydroxylation is 4. The molecule has 0 aliphatic heterocycles. The third-order valence-electron chi connectivity index (χ3n) is 5.65. The first-order valence-corrected chi connectivity index (χ1v) is 12.9. The summed E-state index contributed by atoms with van der Waals surface area (Å²) in [6.45, 7) is 9.50. The fourth-order valence-corrected chi connectivity index (χ4v) is 5.06. The minimum Gasteiger partial charge on any atom is -0.317 e. The van der Waals surface area contributed by atoms with Crippen LogP contribution in [0.4, 0.5) is 5.69 Å². The van der Waals surface area contributed by atoms with Crippen LogP contribution in [0.5, 0.6) is 0 Å². The summed E-state index contributed by atoms with van der Waals surface area (Å²) in [5, 5.41) is 4.46. The lowest BCUT2D eigenvalue weighted by Gasteiger charge is -2.23. The molecule has 1 aromatic heterocycles. The molecular weight excluding hydrogens is 472 g/mol. The molecular formula is C25H29ClN4O3S. The number of sulfonamides is 1. The minimum absolute atomic E-state index is 0.353. The van der Waals surface area contributed by atoms with Gasteiger partial charge in [-0.15, -0.1) is 0 Å². The molecule has 9 heteroatoms. The van der Waals surface area contributed by atoms with Gasteiger partial charge in [0.1, 0.15) is 6.54 Å². The van der Waals surface area contributed by atoms with Crippen LogP contribution in [-0.4, -0.2) is 37.9 Å². The number of halogens is 1. The van der Waals surface area contributed by atoms with Crippen LogP contribution in [0.25, 0.3) is 5.69 Å². The number of carbonyl (C=O) groups is 1. The van der Waals surface area contributed by atoms with Gasteiger partial charge in [0.2, 0.25) is 10.0 Å². The monoisotopic (exact) mass is 500 g/mol. The van der Waals surface area contributed by atoms with Gasteiger partial charge in [-0.25, -0.2) is 13.8 Å². The minimum atomic E-state index is -3.72. The van der Waals surface area contributed by atoms with E-state index in [-0.39, 0.29) is 0 Å². The van der Waals surface area contributed by atoms with Crippen molar-refractivity contribution < 1.29 is 13.2 Å². The van der Waals surface area contributed by atoms with Gasteiger partial charge in [0.15, 0.2) is 0 Å². The lowest BCUT2D eigenvalue weighted by atomic mass is 10.1.